The Kier molecular flexibility index (Phi) is 5.18. The van der Waals surface area contributed by atoms with Crippen LogP contribution in [-0.4, -0.2) is 52.8 Å². The summed E-state index contributed by atoms with van der Waals surface area (Å²) in [7, 11) is 0. The smallest absolute Gasteiger partial charge is 0.151 e. The van der Waals surface area contributed by atoms with Gasteiger partial charge in [0.05, 0.1) is 25.0 Å². The molecule has 1 aliphatic rings. The predicted octanol–water partition coefficient (Wildman–Crippen LogP) is 2.26. The number of aliphatic hydroxyl groups is 1. The molecule has 0 saturated carbocycles. The maximum Gasteiger partial charge on any atom is 0.151 e. The van der Waals surface area contributed by atoms with E-state index < -0.39 is 0 Å². The quantitative estimate of drug-likeness (QED) is 0.881. The number of aromatic nitrogens is 2. The van der Waals surface area contributed by atoms with Crippen molar-refractivity contribution in [3.05, 3.63) is 34.9 Å². The monoisotopic (exact) mass is 349 g/mol. The molecule has 1 aromatic carbocycles. The number of aliphatic hydroxyl groups excluding tert-OH is 1. The number of anilines is 1. The lowest BCUT2D eigenvalue weighted by molar-refractivity contribution is 0.00332. The molecule has 1 atom stereocenters. The third-order valence-electron chi connectivity index (χ3n) is 4.12. The summed E-state index contributed by atoms with van der Waals surface area (Å²) in [6, 6.07) is 6.95. The Labute approximate surface area is 145 Å². The van der Waals surface area contributed by atoms with Crippen LogP contribution in [-0.2, 0) is 11.2 Å². The van der Waals surface area contributed by atoms with Crippen LogP contribution in [0.1, 0.15) is 12.5 Å². The molecular weight excluding hydrogens is 330 g/mol. The van der Waals surface area contributed by atoms with E-state index in [0.29, 0.717) is 36.0 Å². The van der Waals surface area contributed by atoms with Crippen molar-refractivity contribution in [2.75, 3.05) is 31.2 Å². The average molecular weight is 350 g/mol. The lowest BCUT2D eigenvalue weighted by atomic mass is 10.0. The molecule has 2 aromatic rings. The Bertz CT molecular complexity index is 726. The Balaban J connectivity index is 1.93. The summed E-state index contributed by atoms with van der Waals surface area (Å²) in [6.45, 7) is 3.86. The number of rotatable bonds is 4. The number of hydrogen-bond acceptors (Lipinski definition) is 6. The first-order valence-electron chi connectivity index (χ1n) is 7.95. The fraction of sp³-hybridized carbons (Fsp3) is 0.412. The second-order valence-corrected chi connectivity index (χ2v) is 6.15. The highest BCUT2D eigenvalue weighted by molar-refractivity contribution is 6.30. The fourth-order valence-corrected chi connectivity index (χ4v) is 2.98. The standard InChI is InChI=1S/C17H20ClN3O3/c1-2-11-7-16(21-5-6-24-13(9-21)10-22)19-20-17(11)14-4-3-12(18)8-15(14)23/h3-4,7-8,13,22-23H,2,5-6,9-10H2,1H3/t13-/m0/s1. The highest BCUT2D eigenvalue weighted by Crippen LogP contribution is 2.33. The number of aryl methyl sites for hydroxylation is 1. The number of halogens is 1. The van der Waals surface area contributed by atoms with Gasteiger partial charge in [-0.3, -0.25) is 0 Å². The zero-order chi connectivity index (χ0) is 17.1. The van der Waals surface area contributed by atoms with E-state index in [-0.39, 0.29) is 18.5 Å². The van der Waals surface area contributed by atoms with E-state index in [1.165, 1.54) is 6.07 Å². The van der Waals surface area contributed by atoms with Crippen LogP contribution in [0.4, 0.5) is 5.82 Å². The van der Waals surface area contributed by atoms with Gasteiger partial charge in [0.15, 0.2) is 5.82 Å². The molecule has 0 amide bonds. The fourth-order valence-electron chi connectivity index (χ4n) is 2.81. The number of hydrogen-bond donors (Lipinski definition) is 2. The normalized spacial score (nSPS) is 18.0. The minimum Gasteiger partial charge on any atom is -0.507 e. The summed E-state index contributed by atoms with van der Waals surface area (Å²) in [5.74, 6) is 0.844. The summed E-state index contributed by atoms with van der Waals surface area (Å²) < 4.78 is 5.47. The van der Waals surface area contributed by atoms with Crippen molar-refractivity contribution in [1.82, 2.24) is 10.2 Å². The van der Waals surface area contributed by atoms with Crippen LogP contribution in [0.5, 0.6) is 5.75 Å². The molecule has 0 radical (unpaired) electrons. The third kappa shape index (κ3) is 3.45. The number of benzene rings is 1. The first-order chi connectivity index (χ1) is 11.6. The van der Waals surface area contributed by atoms with E-state index in [9.17, 15) is 10.2 Å². The highest BCUT2D eigenvalue weighted by atomic mass is 35.5. The highest BCUT2D eigenvalue weighted by Gasteiger charge is 2.22. The molecule has 1 fully saturated rings. The molecule has 6 nitrogen and oxygen atoms in total. The largest absolute Gasteiger partial charge is 0.507 e. The molecule has 0 spiro atoms. The van der Waals surface area contributed by atoms with Gasteiger partial charge in [-0.1, -0.05) is 18.5 Å². The number of phenols is 1. The Morgan fingerprint density at radius 2 is 2.17 bits per heavy atom. The Morgan fingerprint density at radius 3 is 2.88 bits per heavy atom. The third-order valence-corrected chi connectivity index (χ3v) is 4.36. The molecule has 128 valence electrons. The molecular formula is C17H20ClN3O3. The van der Waals surface area contributed by atoms with Crippen molar-refractivity contribution in [3.8, 4) is 17.0 Å². The lowest BCUT2D eigenvalue weighted by Crippen LogP contribution is -2.44. The predicted molar refractivity (Wildman–Crippen MR) is 92.6 cm³/mol. The molecule has 2 heterocycles. The van der Waals surface area contributed by atoms with Crippen molar-refractivity contribution in [1.29, 1.82) is 0 Å². The van der Waals surface area contributed by atoms with Crippen LogP contribution in [0.3, 0.4) is 0 Å². The zero-order valence-corrected chi connectivity index (χ0v) is 14.2. The molecule has 1 saturated heterocycles. The second kappa shape index (κ2) is 7.34. The van der Waals surface area contributed by atoms with Crippen LogP contribution >= 0.6 is 11.6 Å². The van der Waals surface area contributed by atoms with Crippen molar-refractivity contribution >= 4 is 17.4 Å². The zero-order valence-electron chi connectivity index (χ0n) is 13.4. The minimum absolute atomic E-state index is 0.0126. The summed E-state index contributed by atoms with van der Waals surface area (Å²) >= 11 is 5.90. The number of morpholine rings is 1. The lowest BCUT2D eigenvalue weighted by Gasteiger charge is -2.32. The van der Waals surface area contributed by atoms with Gasteiger partial charge in [-0.25, -0.2) is 0 Å². The van der Waals surface area contributed by atoms with Gasteiger partial charge in [0.2, 0.25) is 0 Å². The Morgan fingerprint density at radius 1 is 1.33 bits per heavy atom. The molecule has 0 bridgehead atoms. The molecule has 3 rings (SSSR count). The first kappa shape index (κ1) is 17.0. The van der Waals surface area contributed by atoms with Gasteiger partial charge >= 0.3 is 0 Å². The van der Waals surface area contributed by atoms with Gasteiger partial charge < -0.3 is 19.8 Å². The van der Waals surface area contributed by atoms with E-state index in [4.69, 9.17) is 16.3 Å². The van der Waals surface area contributed by atoms with E-state index in [1.807, 2.05) is 13.0 Å². The van der Waals surface area contributed by atoms with E-state index in [2.05, 4.69) is 15.1 Å². The van der Waals surface area contributed by atoms with Crippen LogP contribution < -0.4 is 4.90 Å². The van der Waals surface area contributed by atoms with Crippen molar-refractivity contribution < 1.29 is 14.9 Å². The van der Waals surface area contributed by atoms with Gasteiger partial charge in [-0.05, 0) is 36.2 Å². The van der Waals surface area contributed by atoms with E-state index in [0.717, 1.165) is 17.8 Å². The molecule has 1 aromatic heterocycles. The number of phenolic OH excluding ortho intramolecular Hbond substituents is 1. The SMILES string of the molecule is CCc1cc(N2CCO[C@H](CO)C2)nnc1-c1ccc(Cl)cc1O. The van der Waals surface area contributed by atoms with Crippen molar-refractivity contribution in [2.24, 2.45) is 0 Å². The van der Waals surface area contributed by atoms with Gasteiger partial charge in [0.25, 0.3) is 0 Å². The first-order valence-corrected chi connectivity index (χ1v) is 8.33. The molecule has 1 aliphatic heterocycles. The van der Waals surface area contributed by atoms with E-state index >= 15 is 0 Å². The number of ether oxygens (including phenoxy) is 1. The summed E-state index contributed by atoms with van der Waals surface area (Å²) in [4.78, 5) is 2.06. The molecule has 24 heavy (non-hydrogen) atoms. The van der Waals surface area contributed by atoms with Crippen LogP contribution in [0.2, 0.25) is 5.02 Å². The second-order valence-electron chi connectivity index (χ2n) is 5.71. The van der Waals surface area contributed by atoms with Gasteiger partial charge in [-0.2, -0.15) is 0 Å². The van der Waals surface area contributed by atoms with E-state index in [1.54, 1.807) is 12.1 Å². The van der Waals surface area contributed by atoms with Crippen LogP contribution in [0.15, 0.2) is 24.3 Å². The minimum atomic E-state index is -0.203. The van der Waals surface area contributed by atoms with Crippen LogP contribution in [0, 0.1) is 0 Å². The molecule has 0 unspecified atom stereocenters. The average Bonchev–Trinajstić information content (AvgIpc) is 2.61. The maximum atomic E-state index is 10.1. The van der Waals surface area contributed by atoms with Gasteiger partial charge in [0.1, 0.15) is 5.75 Å². The van der Waals surface area contributed by atoms with Crippen molar-refractivity contribution in [2.45, 2.75) is 19.4 Å². The van der Waals surface area contributed by atoms with Gasteiger partial charge in [0, 0.05) is 23.7 Å². The number of nitrogens with zero attached hydrogens (tertiary/aromatic N) is 3. The Hall–Kier alpha value is -1.89. The van der Waals surface area contributed by atoms with Crippen molar-refractivity contribution in [3.63, 3.8) is 0 Å². The summed E-state index contributed by atoms with van der Waals surface area (Å²) in [6.07, 6.45) is 0.554. The molecule has 0 aliphatic carbocycles. The molecule has 7 heteroatoms. The summed E-state index contributed by atoms with van der Waals surface area (Å²) in [5.41, 5.74) is 2.26. The summed E-state index contributed by atoms with van der Waals surface area (Å²) in [5, 5.41) is 28.5. The molecule has 2 N–H and O–H groups in total. The topological polar surface area (TPSA) is 78.7 Å². The number of aromatic hydroxyl groups is 1. The van der Waals surface area contributed by atoms with Gasteiger partial charge in [-0.15, -0.1) is 10.2 Å². The maximum absolute atomic E-state index is 10.1. The van der Waals surface area contributed by atoms with Crippen LogP contribution in [0.25, 0.3) is 11.3 Å².